The van der Waals surface area contributed by atoms with Crippen LogP contribution in [0.3, 0.4) is 0 Å². The van der Waals surface area contributed by atoms with Gasteiger partial charge in [-0.25, -0.2) is 9.97 Å². The molecule has 2 heterocycles. The minimum atomic E-state index is 0.232. The molecule has 5 heteroatoms. The van der Waals surface area contributed by atoms with Crippen LogP contribution in [0, 0.1) is 6.92 Å². The molecule has 0 bridgehead atoms. The maximum Gasteiger partial charge on any atom is 0.202 e. The predicted octanol–water partition coefficient (Wildman–Crippen LogP) is 1.92. The van der Waals surface area contributed by atoms with Gasteiger partial charge in [-0.05, 0) is 31.9 Å². The SMILES string of the molecule is COCCC(C)n1c(N)nc2cc(C)cnc21. The van der Waals surface area contributed by atoms with Crippen LogP contribution in [-0.2, 0) is 4.74 Å². The number of nitrogen functional groups attached to an aromatic ring is 1. The highest BCUT2D eigenvalue weighted by Gasteiger charge is 2.14. The van der Waals surface area contributed by atoms with Crippen LogP contribution in [-0.4, -0.2) is 28.3 Å². The molecule has 0 fully saturated rings. The van der Waals surface area contributed by atoms with Crippen molar-refractivity contribution in [1.29, 1.82) is 0 Å². The fourth-order valence-electron chi connectivity index (χ4n) is 1.95. The first-order chi connectivity index (χ1) is 8.13. The summed E-state index contributed by atoms with van der Waals surface area (Å²) >= 11 is 0. The molecule has 0 aliphatic rings. The van der Waals surface area contributed by atoms with E-state index in [-0.39, 0.29) is 6.04 Å². The Kier molecular flexibility index (Phi) is 3.28. The first kappa shape index (κ1) is 11.9. The van der Waals surface area contributed by atoms with Crippen molar-refractivity contribution in [2.24, 2.45) is 0 Å². The molecule has 1 unspecified atom stereocenters. The van der Waals surface area contributed by atoms with Gasteiger partial charge in [-0.2, -0.15) is 0 Å². The Bertz CT molecular complexity index is 520. The molecule has 0 aliphatic heterocycles. The summed E-state index contributed by atoms with van der Waals surface area (Å²) in [5.74, 6) is 0.515. The largest absolute Gasteiger partial charge is 0.385 e. The monoisotopic (exact) mass is 234 g/mol. The number of rotatable bonds is 4. The number of hydrogen-bond acceptors (Lipinski definition) is 4. The van der Waals surface area contributed by atoms with E-state index in [1.807, 2.05) is 23.8 Å². The average molecular weight is 234 g/mol. The van der Waals surface area contributed by atoms with Crippen LogP contribution in [0.15, 0.2) is 12.3 Å². The summed E-state index contributed by atoms with van der Waals surface area (Å²) in [6.45, 7) is 4.79. The van der Waals surface area contributed by atoms with Gasteiger partial charge in [-0.1, -0.05) is 0 Å². The van der Waals surface area contributed by atoms with Gasteiger partial charge in [0.25, 0.3) is 0 Å². The third kappa shape index (κ3) is 2.24. The lowest BCUT2D eigenvalue weighted by molar-refractivity contribution is 0.182. The number of methoxy groups -OCH3 is 1. The van der Waals surface area contributed by atoms with Crippen molar-refractivity contribution in [2.45, 2.75) is 26.3 Å². The Morgan fingerprint density at radius 1 is 1.53 bits per heavy atom. The number of ether oxygens (including phenoxy) is 1. The molecule has 0 spiro atoms. The summed E-state index contributed by atoms with van der Waals surface area (Å²) < 4.78 is 7.05. The zero-order chi connectivity index (χ0) is 12.4. The molecule has 0 saturated heterocycles. The highest BCUT2D eigenvalue weighted by molar-refractivity contribution is 5.74. The summed E-state index contributed by atoms with van der Waals surface area (Å²) in [4.78, 5) is 8.75. The van der Waals surface area contributed by atoms with Crippen LogP contribution in [0.5, 0.6) is 0 Å². The first-order valence-electron chi connectivity index (χ1n) is 5.72. The number of aromatic nitrogens is 3. The third-order valence-electron chi connectivity index (χ3n) is 2.87. The standard InChI is InChI=1S/C12H18N4O/c1-8-6-10-11(14-7-8)16(12(13)15-10)9(2)4-5-17-3/h6-7,9H,4-5H2,1-3H3,(H2,13,15). The van der Waals surface area contributed by atoms with E-state index in [9.17, 15) is 0 Å². The maximum atomic E-state index is 5.95. The van der Waals surface area contributed by atoms with E-state index in [1.54, 1.807) is 7.11 Å². The molecule has 2 aromatic heterocycles. The number of hydrogen-bond donors (Lipinski definition) is 1. The van der Waals surface area contributed by atoms with Gasteiger partial charge in [0.1, 0.15) is 5.52 Å². The zero-order valence-electron chi connectivity index (χ0n) is 10.5. The molecule has 1 atom stereocenters. The van der Waals surface area contributed by atoms with Gasteiger partial charge in [0, 0.05) is 26.0 Å². The van der Waals surface area contributed by atoms with Crippen LogP contribution in [0.2, 0.25) is 0 Å². The smallest absolute Gasteiger partial charge is 0.202 e. The van der Waals surface area contributed by atoms with E-state index in [1.165, 1.54) is 0 Å². The molecular formula is C12H18N4O. The second kappa shape index (κ2) is 4.71. The van der Waals surface area contributed by atoms with Gasteiger partial charge >= 0.3 is 0 Å². The van der Waals surface area contributed by atoms with Crippen LogP contribution in [0.4, 0.5) is 5.95 Å². The molecule has 5 nitrogen and oxygen atoms in total. The average Bonchev–Trinajstić information content (AvgIpc) is 2.61. The lowest BCUT2D eigenvalue weighted by atomic mass is 10.2. The lowest BCUT2D eigenvalue weighted by Gasteiger charge is -2.14. The molecule has 0 radical (unpaired) electrons. The van der Waals surface area contributed by atoms with Gasteiger partial charge in [0.2, 0.25) is 5.95 Å². The van der Waals surface area contributed by atoms with E-state index in [2.05, 4.69) is 16.9 Å². The topological polar surface area (TPSA) is 66.0 Å². The van der Waals surface area contributed by atoms with E-state index in [0.29, 0.717) is 12.6 Å². The van der Waals surface area contributed by atoms with Crippen LogP contribution in [0.1, 0.15) is 24.9 Å². The fourth-order valence-corrected chi connectivity index (χ4v) is 1.95. The summed E-state index contributed by atoms with van der Waals surface area (Å²) in [7, 11) is 1.70. The van der Waals surface area contributed by atoms with Gasteiger partial charge in [-0.3, -0.25) is 4.57 Å². The van der Waals surface area contributed by atoms with E-state index in [0.717, 1.165) is 23.1 Å². The third-order valence-corrected chi connectivity index (χ3v) is 2.87. The van der Waals surface area contributed by atoms with Crippen molar-refractivity contribution in [3.63, 3.8) is 0 Å². The summed E-state index contributed by atoms with van der Waals surface area (Å²) in [5, 5.41) is 0. The number of anilines is 1. The second-order valence-electron chi connectivity index (χ2n) is 4.33. The summed E-state index contributed by atoms with van der Waals surface area (Å²) in [6.07, 6.45) is 2.73. The van der Waals surface area contributed by atoms with Crippen molar-refractivity contribution in [1.82, 2.24) is 14.5 Å². The number of imidazole rings is 1. The van der Waals surface area contributed by atoms with Crippen molar-refractivity contribution in [2.75, 3.05) is 19.5 Å². The molecule has 0 aliphatic carbocycles. The van der Waals surface area contributed by atoms with Crippen molar-refractivity contribution < 1.29 is 4.74 Å². The lowest BCUT2D eigenvalue weighted by Crippen LogP contribution is -2.11. The minimum absolute atomic E-state index is 0.232. The highest BCUT2D eigenvalue weighted by atomic mass is 16.5. The fraction of sp³-hybridized carbons (Fsp3) is 0.500. The number of nitrogens with two attached hydrogens (primary N) is 1. The number of nitrogens with zero attached hydrogens (tertiary/aromatic N) is 3. The van der Waals surface area contributed by atoms with Crippen molar-refractivity contribution >= 4 is 17.1 Å². The van der Waals surface area contributed by atoms with Gasteiger partial charge in [0.15, 0.2) is 5.65 Å². The minimum Gasteiger partial charge on any atom is -0.385 e. The van der Waals surface area contributed by atoms with Crippen LogP contribution >= 0.6 is 0 Å². The Balaban J connectivity index is 2.42. The van der Waals surface area contributed by atoms with E-state index >= 15 is 0 Å². The molecule has 0 aromatic carbocycles. The Morgan fingerprint density at radius 2 is 2.29 bits per heavy atom. The van der Waals surface area contributed by atoms with Crippen LogP contribution < -0.4 is 5.73 Å². The number of aryl methyl sites for hydroxylation is 1. The Labute approximate surface area is 101 Å². The second-order valence-corrected chi connectivity index (χ2v) is 4.33. The molecule has 0 amide bonds. The molecular weight excluding hydrogens is 216 g/mol. The van der Waals surface area contributed by atoms with Crippen molar-refractivity contribution in [3.8, 4) is 0 Å². The number of fused-ring (bicyclic) bond motifs is 1. The van der Waals surface area contributed by atoms with E-state index in [4.69, 9.17) is 10.5 Å². The van der Waals surface area contributed by atoms with Crippen molar-refractivity contribution in [3.05, 3.63) is 17.8 Å². The predicted molar refractivity (Wildman–Crippen MR) is 67.9 cm³/mol. The molecule has 0 saturated carbocycles. The quantitative estimate of drug-likeness (QED) is 0.877. The molecule has 2 rings (SSSR count). The van der Waals surface area contributed by atoms with Gasteiger partial charge in [-0.15, -0.1) is 0 Å². The first-order valence-corrected chi connectivity index (χ1v) is 5.72. The van der Waals surface area contributed by atoms with Crippen LogP contribution in [0.25, 0.3) is 11.2 Å². The summed E-state index contributed by atoms with van der Waals surface area (Å²) in [5.41, 5.74) is 8.73. The Hall–Kier alpha value is -1.62. The highest BCUT2D eigenvalue weighted by Crippen LogP contribution is 2.23. The summed E-state index contributed by atoms with van der Waals surface area (Å²) in [6, 6.07) is 2.23. The molecule has 92 valence electrons. The molecule has 2 N–H and O–H groups in total. The maximum absolute atomic E-state index is 5.95. The number of pyridine rings is 1. The molecule has 17 heavy (non-hydrogen) atoms. The zero-order valence-corrected chi connectivity index (χ0v) is 10.5. The molecule has 2 aromatic rings. The van der Waals surface area contributed by atoms with E-state index < -0.39 is 0 Å². The normalized spacial score (nSPS) is 13.1. The Morgan fingerprint density at radius 3 is 3.00 bits per heavy atom. The van der Waals surface area contributed by atoms with Gasteiger partial charge < -0.3 is 10.5 Å². The van der Waals surface area contributed by atoms with Gasteiger partial charge in [0.05, 0.1) is 0 Å².